The van der Waals surface area contributed by atoms with Crippen LogP contribution in [-0.2, 0) is 14.3 Å². The summed E-state index contributed by atoms with van der Waals surface area (Å²) in [6.45, 7) is -1.17. The Kier molecular flexibility index (Phi) is 8.84. The van der Waals surface area contributed by atoms with Crippen LogP contribution in [0.3, 0.4) is 0 Å². The van der Waals surface area contributed by atoms with Crippen molar-refractivity contribution in [1.29, 1.82) is 0 Å². The second kappa shape index (κ2) is 11.8. The van der Waals surface area contributed by atoms with Gasteiger partial charge in [-0.05, 0) is 42.5 Å². The molecule has 4 amide bonds. The highest BCUT2D eigenvalue weighted by Gasteiger charge is 2.14. The molecule has 11 heteroatoms. The number of anilines is 1. The van der Waals surface area contributed by atoms with Crippen LogP contribution < -0.4 is 30.2 Å². The van der Waals surface area contributed by atoms with Gasteiger partial charge in [-0.25, -0.2) is 4.79 Å². The molecule has 0 aliphatic rings. The van der Waals surface area contributed by atoms with Crippen molar-refractivity contribution in [3.05, 3.63) is 48.0 Å². The number of carbonyl (C=O) groups excluding carboxylic acids is 4. The number of hydrogen-bond acceptors (Lipinski definition) is 8. The van der Waals surface area contributed by atoms with Gasteiger partial charge in [-0.3, -0.25) is 19.7 Å². The van der Waals surface area contributed by atoms with Crippen LogP contribution in [0.25, 0.3) is 0 Å². The molecule has 0 aliphatic carbocycles. The van der Waals surface area contributed by atoms with Gasteiger partial charge in [-0.2, -0.15) is 0 Å². The third-order valence-corrected chi connectivity index (χ3v) is 4.00. The highest BCUT2D eigenvalue weighted by Crippen LogP contribution is 2.27. The largest absolute Gasteiger partial charge is 0.497 e. The zero-order chi connectivity index (χ0) is 23.5. The Morgan fingerprint density at radius 2 is 1.53 bits per heavy atom. The maximum atomic E-state index is 12.2. The van der Waals surface area contributed by atoms with E-state index in [1.807, 2.05) is 5.32 Å². The first-order chi connectivity index (χ1) is 15.4. The van der Waals surface area contributed by atoms with Gasteiger partial charge >= 0.3 is 12.0 Å². The predicted molar refractivity (Wildman–Crippen MR) is 113 cm³/mol. The fraction of sp³-hybridized carbons (Fsp3) is 0.238. The molecular formula is C21H23N3O8. The standard InChI is InChI=1S/C21H23N3O8/c1-29-15-7-5-14(6-8-15)23-21(28)24-18(25)12-32-19(26)11-22-20(27)13-4-9-16(30-2)17(10-13)31-3/h4-10H,11-12H2,1-3H3,(H,22,27)(H2,23,24,25,28). The first-order valence-corrected chi connectivity index (χ1v) is 9.27. The van der Waals surface area contributed by atoms with Crippen LogP contribution in [0.4, 0.5) is 10.5 Å². The van der Waals surface area contributed by atoms with E-state index in [2.05, 4.69) is 10.6 Å². The summed E-state index contributed by atoms with van der Waals surface area (Å²) in [5.74, 6) is -0.832. The molecule has 170 valence electrons. The number of benzene rings is 2. The van der Waals surface area contributed by atoms with Crippen molar-refractivity contribution in [3.63, 3.8) is 0 Å². The van der Waals surface area contributed by atoms with E-state index >= 15 is 0 Å². The van der Waals surface area contributed by atoms with Crippen molar-refractivity contribution >= 4 is 29.5 Å². The molecule has 0 saturated heterocycles. The molecule has 3 N–H and O–H groups in total. The lowest BCUT2D eigenvalue weighted by Crippen LogP contribution is -2.38. The van der Waals surface area contributed by atoms with Crippen molar-refractivity contribution in [2.45, 2.75) is 0 Å². The highest BCUT2D eigenvalue weighted by atomic mass is 16.5. The monoisotopic (exact) mass is 445 g/mol. The maximum Gasteiger partial charge on any atom is 0.325 e. The van der Waals surface area contributed by atoms with E-state index in [4.69, 9.17) is 18.9 Å². The molecule has 11 nitrogen and oxygen atoms in total. The van der Waals surface area contributed by atoms with Gasteiger partial charge < -0.3 is 29.6 Å². The molecular weight excluding hydrogens is 422 g/mol. The van der Waals surface area contributed by atoms with Gasteiger partial charge in [-0.1, -0.05) is 0 Å². The van der Waals surface area contributed by atoms with Crippen molar-refractivity contribution < 1.29 is 38.1 Å². The van der Waals surface area contributed by atoms with Gasteiger partial charge in [0.05, 0.1) is 21.3 Å². The number of ether oxygens (including phenoxy) is 4. The van der Waals surface area contributed by atoms with Crippen LogP contribution >= 0.6 is 0 Å². The number of hydrogen-bond donors (Lipinski definition) is 3. The Morgan fingerprint density at radius 3 is 2.16 bits per heavy atom. The smallest absolute Gasteiger partial charge is 0.325 e. The minimum atomic E-state index is -0.857. The van der Waals surface area contributed by atoms with E-state index in [0.29, 0.717) is 22.9 Å². The Labute approximate surface area is 184 Å². The molecule has 0 aliphatic heterocycles. The van der Waals surface area contributed by atoms with Crippen molar-refractivity contribution in [2.75, 3.05) is 39.8 Å². The topological polar surface area (TPSA) is 141 Å². The Morgan fingerprint density at radius 1 is 0.844 bits per heavy atom. The van der Waals surface area contributed by atoms with E-state index < -0.39 is 37.0 Å². The van der Waals surface area contributed by atoms with Gasteiger partial charge in [0.2, 0.25) is 0 Å². The summed E-state index contributed by atoms with van der Waals surface area (Å²) in [7, 11) is 4.41. The average molecular weight is 445 g/mol. The summed E-state index contributed by atoms with van der Waals surface area (Å²) in [5.41, 5.74) is 0.675. The molecule has 0 atom stereocenters. The van der Waals surface area contributed by atoms with E-state index in [1.54, 1.807) is 30.3 Å². The molecule has 0 saturated carbocycles. The van der Waals surface area contributed by atoms with Gasteiger partial charge in [0.1, 0.15) is 12.3 Å². The second-order valence-electron chi connectivity index (χ2n) is 6.14. The number of urea groups is 1. The lowest BCUT2D eigenvalue weighted by molar-refractivity contribution is -0.147. The van der Waals surface area contributed by atoms with E-state index in [1.165, 1.54) is 33.5 Å². The van der Waals surface area contributed by atoms with Gasteiger partial charge in [-0.15, -0.1) is 0 Å². The Bertz CT molecular complexity index is 976. The van der Waals surface area contributed by atoms with E-state index in [-0.39, 0.29) is 5.56 Å². The maximum absolute atomic E-state index is 12.2. The van der Waals surface area contributed by atoms with Crippen molar-refractivity contribution in [2.24, 2.45) is 0 Å². The Hall–Kier alpha value is -4.28. The molecule has 2 aromatic rings. The zero-order valence-corrected chi connectivity index (χ0v) is 17.7. The first-order valence-electron chi connectivity index (χ1n) is 9.27. The number of carbonyl (C=O) groups is 4. The van der Waals surface area contributed by atoms with Crippen LogP contribution in [0.1, 0.15) is 10.4 Å². The lowest BCUT2D eigenvalue weighted by Gasteiger charge is -2.10. The second-order valence-corrected chi connectivity index (χ2v) is 6.14. The van der Waals surface area contributed by atoms with Crippen LogP contribution in [0.2, 0.25) is 0 Å². The Balaban J connectivity index is 1.73. The fourth-order valence-electron chi connectivity index (χ4n) is 2.43. The number of imide groups is 1. The third kappa shape index (κ3) is 7.20. The quantitative estimate of drug-likeness (QED) is 0.491. The molecule has 0 unspecified atom stereocenters. The molecule has 2 aromatic carbocycles. The van der Waals surface area contributed by atoms with E-state index in [9.17, 15) is 19.2 Å². The van der Waals surface area contributed by atoms with Crippen LogP contribution in [0.15, 0.2) is 42.5 Å². The SMILES string of the molecule is COc1ccc(NC(=O)NC(=O)COC(=O)CNC(=O)c2ccc(OC)c(OC)c2)cc1. The van der Waals surface area contributed by atoms with Gasteiger partial charge in [0.25, 0.3) is 11.8 Å². The molecule has 32 heavy (non-hydrogen) atoms. The summed E-state index contributed by atoms with van der Waals surface area (Å²) >= 11 is 0. The molecule has 0 fully saturated rings. The molecule has 0 aromatic heterocycles. The summed E-state index contributed by atoms with van der Waals surface area (Å²) < 4.78 is 20.0. The van der Waals surface area contributed by atoms with Crippen molar-refractivity contribution in [3.8, 4) is 17.2 Å². The van der Waals surface area contributed by atoms with Crippen molar-refractivity contribution in [1.82, 2.24) is 10.6 Å². The highest BCUT2D eigenvalue weighted by molar-refractivity contribution is 6.02. The number of nitrogens with one attached hydrogen (secondary N) is 3. The first kappa shape index (κ1) is 24.0. The minimum absolute atomic E-state index is 0.239. The number of methoxy groups -OCH3 is 3. The average Bonchev–Trinajstić information content (AvgIpc) is 2.81. The predicted octanol–water partition coefficient (Wildman–Crippen LogP) is 1.33. The normalized spacial score (nSPS) is 9.84. The van der Waals surface area contributed by atoms with E-state index in [0.717, 1.165) is 0 Å². The molecule has 0 heterocycles. The number of rotatable bonds is 9. The zero-order valence-electron chi connectivity index (χ0n) is 17.7. The van der Waals surface area contributed by atoms with Gasteiger partial charge in [0.15, 0.2) is 18.1 Å². The third-order valence-electron chi connectivity index (χ3n) is 4.00. The van der Waals surface area contributed by atoms with Crippen LogP contribution in [0, 0.1) is 0 Å². The van der Waals surface area contributed by atoms with Crippen LogP contribution in [-0.4, -0.2) is 58.3 Å². The number of esters is 1. The summed E-state index contributed by atoms with van der Waals surface area (Å²) in [5, 5.41) is 6.82. The summed E-state index contributed by atoms with van der Waals surface area (Å²) in [6, 6.07) is 10.1. The molecule has 0 bridgehead atoms. The van der Waals surface area contributed by atoms with Crippen LogP contribution in [0.5, 0.6) is 17.2 Å². The van der Waals surface area contributed by atoms with Gasteiger partial charge in [0, 0.05) is 11.3 Å². The summed E-state index contributed by atoms with van der Waals surface area (Å²) in [4.78, 5) is 47.5. The molecule has 0 radical (unpaired) electrons. The lowest BCUT2D eigenvalue weighted by atomic mass is 10.2. The fourth-order valence-corrected chi connectivity index (χ4v) is 2.43. The summed E-state index contributed by atoms with van der Waals surface area (Å²) in [6.07, 6.45) is 0. The molecule has 0 spiro atoms. The minimum Gasteiger partial charge on any atom is -0.497 e. The number of amides is 4. The molecule has 2 rings (SSSR count).